The summed E-state index contributed by atoms with van der Waals surface area (Å²) in [6.45, 7) is 3.97. The Hall–Kier alpha value is -3.07. The summed E-state index contributed by atoms with van der Waals surface area (Å²) in [5, 5.41) is 8.07. The topological polar surface area (TPSA) is 96.7 Å². The second kappa shape index (κ2) is 10.1. The van der Waals surface area contributed by atoms with Crippen LogP contribution in [0.3, 0.4) is 0 Å². The summed E-state index contributed by atoms with van der Waals surface area (Å²) in [6, 6.07) is 11.5. The molecule has 162 valence electrons. The van der Waals surface area contributed by atoms with Gasteiger partial charge in [-0.2, -0.15) is 13.2 Å². The maximum absolute atomic E-state index is 12.7. The molecule has 0 aliphatic heterocycles. The lowest BCUT2D eigenvalue weighted by atomic mass is 10.1. The highest BCUT2D eigenvalue weighted by Crippen LogP contribution is 2.31. The number of nitrogens with one attached hydrogen (secondary N) is 1. The van der Waals surface area contributed by atoms with Crippen LogP contribution >= 0.6 is 0 Å². The van der Waals surface area contributed by atoms with E-state index < -0.39 is 11.7 Å². The monoisotopic (exact) mass is 421 g/mol. The van der Waals surface area contributed by atoms with Gasteiger partial charge in [0.05, 0.1) is 5.56 Å². The van der Waals surface area contributed by atoms with Gasteiger partial charge in [-0.25, -0.2) is 11.0 Å². The number of hydrazone groups is 1. The van der Waals surface area contributed by atoms with E-state index in [1.165, 1.54) is 12.1 Å². The molecule has 0 unspecified atom stereocenters. The number of hydrazine groups is 1. The predicted octanol–water partition coefficient (Wildman–Crippen LogP) is 4.25. The second-order valence-electron chi connectivity index (χ2n) is 6.57. The van der Waals surface area contributed by atoms with E-state index in [1.807, 2.05) is 13.8 Å². The van der Waals surface area contributed by atoms with Crippen LogP contribution in [0.2, 0.25) is 0 Å². The van der Waals surface area contributed by atoms with Crippen LogP contribution in [0.4, 0.5) is 24.5 Å². The van der Waals surface area contributed by atoms with Crippen LogP contribution in [-0.2, 0) is 11.0 Å². The number of carbonyl (C=O) groups excluding carboxylic acids is 1. The predicted molar refractivity (Wildman–Crippen MR) is 112 cm³/mol. The van der Waals surface area contributed by atoms with Gasteiger partial charge in [-0.15, -0.1) is 5.10 Å². The molecule has 0 saturated heterocycles. The van der Waals surface area contributed by atoms with Crippen LogP contribution in [0.1, 0.15) is 37.8 Å². The molecular formula is C21H26F3N5O. The molecule has 30 heavy (non-hydrogen) atoms. The number of halogens is 3. The first kappa shape index (κ1) is 23.2. The SMILES string of the molecule is CC.N/C(=N\N(N)CC(=O)C1CC1)c1ccccc1Nc1ccc(C(F)(F)F)cc1. The molecule has 0 heterocycles. The number of carbonyl (C=O) groups is 1. The number of ketones is 1. The molecule has 0 atom stereocenters. The van der Waals surface area contributed by atoms with Gasteiger partial charge < -0.3 is 11.1 Å². The molecule has 0 aromatic heterocycles. The quantitative estimate of drug-likeness (QED) is 0.269. The summed E-state index contributed by atoms with van der Waals surface area (Å²) >= 11 is 0. The van der Waals surface area contributed by atoms with Crippen LogP contribution in [0.15, 0.2) is 53.6 Å². The summed E-state index contributed by atoms with van der Waals surface area (Å²) in [6.07, 6.45) is -2.63. The third-order valence-electron chi connectivity index (χ3n) is 4.28. The van der Waals surface area contributed by atoms with Gasteiger partial charge in [-0.05, 0) is 49.2 Å². The van der Waals surface area contributed by atoms with Gasteiger partial charge >= 0.3 is 6.18 Å². The second-order valence-corrected chi connectivity index (χ2v) is 6.57. The fraction of sp³-hybridized carbons (Fsp3) is 0.333. The molecule has 9 heteroatoms. The summed E-state index contributed by atoms with van der Waals surface area (Å²) in [5.41, 5.74) is 6.81. The first-order valence-corrected chi connectivity index (χ1v) is 9.67. The van der Waals surface area contributed by atoms with Crippen molar-refractivity contribution < 1.29 is 18.0 Å². The Balaban J connectivity index is 0.00000155. The number of hydrogen-bond donors (Lipinski definition) is 3. The minimum absolute atomic E-state index is 0.0233. The number of alkyl halides is 3. The zero-order valence-electron chi connectivity index (χ0n) is 16.9. The fourth-order valence-corrected chi connectivity index (χ4v) is 2.64. The van der Waals surface area contributed by atoms with Gasteiger partial charge in [-0.1, -0.05) is 26.0 Å². The number of Topliss-reactive ketones (excluding diaryl/α,β-unsaturated/α-hetero) is 1. The molecule has 1 saturated carbocycles. The Morgan fingerprint density at radius 3 is 2.30 bits per heavy atom. The van der Waals surface area contributed by atoms with Crippen LogP contribution < -0.4 is 16.9 Å². The molecule has 6 nitrogen and oxygen atoms in total. The minimum Gasteiger partial charge on any atom is -0.382 e. The van der Waals surface area contributed by atoms with Crippen LogP contribution in [0, 0.1) is 5.92 Å². The Morgan fingerprint density at radius 2 is 1.73 bits per heavy atom. The van der Waals surface area contributed by atoms with Crippen molar-refractivity contribution in [3.63, 3.8) is 0 Å². The average Bonchev–Trinajstić information content (AvgIpc) is 3.55. The molecule has 5 N–H and O–H groups in total. The number of anilines is 2. The molecule has 0 bridgehead atoms. The van der Waals surface area contributed by atoms with E-state index in [2.05, 4.69) is 10.4 Å². The van der Waals surface area contributed by atoms with E-state index in [9.17, 15) is 18.0 Å². The molecule has 1 fully saturated rings. The minimum atomic E-state index is -4.39. The van der Waals surface area contributed by atoms with Gasteiger partial charge in [0.15, 0.2) is 11.6 Å². The first-order chi connectivity index (χ1) is 14.2. The standard InChI is InChI=1S/C19H20F3N5O.C2H6/c20-19(21,22)13-7-9-14(10-8-13)25-16-4-2-1-3-15(16)18(23)26-27(24)11-17(28)12-5-6-12;1-2/h1-4,7-10,12,25H,5-6,11,24H2,(H2,23,26);1-2H3. The average molecular weight is 421 g/mol. The largest absolute Gasteiger partial charge is 0.416 e. The Labute approximate surface area is 173 Å². The number of rotatable bonds is 7. The lowest BCUT2D eigenvalue weighted by Gasteiger charge is -2.15. The zero-order valence-corrected chi connectivity index (χ0v) is 16.9. The third kappa shape index (κ3) is 6.48. The van der Waals surface area contributed by atoms with Crippen molar-refractivity contribution in [2.45, 2.75) is 32.9 Å². The highest BCUT2D eigenvalue weighted by molar-refractivity contribution is 6.03. The molecular weight excluding hydrogens is 395 g/mol. The van der Waals surface area contributed by atoms with Gasteiger partial charge in [0.1, 0.15) is 6.54 Å². The van der Waals surface area contributed by atoms with E-state index in [0.717, 1.165) is 30.1 Å². The molecule has 2 aromatic rings. The van der Waals surface area contributed by atoms with Crippen molar-refractivity contribution in [1.82, 2.24) is 5.12 Å². The van der Waals surface area contributed by atoms with E-state index in [4.69, 9.17) is 11.6 Å². The van der Waals surface area contributed by atoms with Crippen LogP contribution in [-0.4, -0.2) is 23.3 Å². The molecule has 3 rings (SSSR count). The smallest absolute Gasteiger partial charge is 0.382 e. The molecule has 1 aliphatic carbocycles. The van der Waals surface area contributed by atoms with Crippen molar-refractivity contribution in [2.75, 3.05) is 11.9 Å². The lowest BCUT2D eigenvalue weighted by molar-refractivity contribution is -0.137. The Morgan fingerprint density at radius 1 is 1.13 bits per heavy atom. The summed E-state index contributed by atoms with van der Waals surface area (Å²) < 4.78 is 38.1. The van der Waals surface area contributed by atoms with Gasteiger partial charge in [0.25, 0.3) is 0 Å². The molecule has 0 radical (unpaired) electrons. The molecule has 1 aliphatic rings. The maximum Gasteiger partial charge on any atom is 0.416 e. The summed E-state index contributed by atoms with van der Waals surface area (Å²) in [7, 11) is 0. The van der Waals surface area contributed by atoms with Crippen molar-refractivity contribution in [2.24, 2.45) is 22.6 Å². The van der Waals surface area contributed by atoms with E-state index >= 15 is 0 Å². The van der Waals surface area contributed by atoms with E-state index in [-0.39, 0.29) is 24.1 Å². The van der Waals surface area contributed by atoms with Gasteiger partial charge in [0, 0.05) is 22.9 Å². The van der Waals surface area contributed by atoms with Crippen molar-refractivity contribution >= 4 is 23.0 Å². The number of hydrogen-bond acceptors (Lipinski definition) is 5. The van der Waals surface area contributed by atoms with Crippen LogP contribution in [0.5, 0.6) is 0 Å². The number of benzene rings is 2. The normalized spacial score (nSPS) is 13.9. The summed E-state index contributed by atoms with van der Waals surface area (Å²) in [4.78, 5) is 11.8. The number of amidine groups is 1. The highest BCUT2D eigenvalue weighted by Gasteiger charge is 2.30. The third-order valence-corrected chi connectivity index (χ3v) is 4.28. The van der Waals surface area contributed by atoms with Crippen molar-refractivity contribution in [3.05, 3.63) is 59.7 Å². The number of nitrogens with zero attached hydrogens (tertiary/aromatic N) is 2. The van der Waals surface area contributed by atoms with E-state index in [0.29, 0.717) is 16.9 Å². The molecule has 0 amide bonds. The Bertz CT molecular complexity index is 877. The van der Waals surface area contributed by atoms with Crippen LogP contribution in [0.25, 0.3) is 0 Å². The molecule has 0 spiro atoms. The fourth-order valence-electron chi connectivity index (χ4n) is 2.64. The first-order valence-electron chi connectivity index (χ1n) is 9.67. The zero-order chi connectivity index (χ0) is 22.3. The molecule has 2 aromatic carbocycles. The number of nitrogens with two attached hydrogens (primary N) is 2. The highest BCUT2D eigenvalue weighted by atomic mass is 19.4. The Kier molecular flexibility index (Phi) is 7.82. The summed E-state index contributed by atoms with van der Waals surface area (Å²) in [5.74, 6) is 5.93. The van der Waals surface area contributed by atoms with Crippen molar-refractivity contribution in [3.8, 4) is 0 Å². The van der Waals surface area contributed by atoms with E-state index in [1.54, 1.807) is 24.3 Å². The van der Waals surface area contributed by atoms with Gasteiger partial charge in [0.2, 0.25) is 0 Å². The van der Waals surface area contributed by atoms with Gasteiger partial charge in [-0.3, -0.25) is 4.79 Å². The number of para-hydroxylation sites is 1. The maximum atomic E-state index is 12.7. The van der Waals surface area contributed by atoms with Crippen molar-refractivity contribution in [1.29, 1.82) is 0 Å². The lowest BCUT2D eigenvalue weighted by Crippen LogP contribution is -2.34.